The van der Waals surface area contributed by atoms with Crippen LogP contribution in [0.3, 0.4) is 0 Å². The first kappa shape index (κ1) is 14.4. The zero-order chi connectivity index (χ0) is 13.9. The lowest BCUT2D eigenvalue weighted by Gasteiger charge is -2.29. The highest BCUT2D eigenvalue weighted by Crippen LogP contribution is 2.37. The van der Waals surface area contributed by atoms with E-state index < -0.39 is 0 Å². The fourth-order valence-corrected chi connectivity index (χ4v) is 3.17. The normalized spacial score (nSPS) is 24.8. The number of anilines is 1. The Morgan fingerprint density at radius 2 is 1.95 bits per heavy atom. The average molecular weight is 260 g/mol. The predicted octanol–water partition coefficient (Wildman–Crippen LogP) is 4.80. The monoisotopic (exact) mass is 260 g/mol. The minimum atomic E-state index is 0.457. The van der Waals surface area contributed by atoms with E-state index >= 15 is 0 Å². The van der Waals surface area contributed by atoms with Crippen molar-refractivity contribution < 1.29 is 0 Å². The second-order valence-electron chi connectivity index (χ2n) is 7.05. The number of nitrogens with one attached hydrogen (secondary N) is 1. The van der Waals surface area contributed by atoms with Gasteiger partial charge in [0.25, 0.3) is 0 Å². The Bertz CT molecular complexity index is 406. The van der Waals surface area contributed by atoms with E-state index in [0.717, 1.165) is 11.6 Å². The van der Waals surface area contributed by atoms with Crippen LogP contribution in [0.4, 0.5) is 5.69 Å². The summed E-state index contributed by atoms with van der Waals surface area (Å²) >= 11 is 0. The molecule has 1 aromatic rings. The number of hydrogen-bond acceptors (Lipinski definition) is 2. The van der Waals surface area contributed by atoms with Gasteiger partial charge < -0.3 is 5.32 Å². The van der Waals surface area contributed by atoms with Crippen LogP contribution in [0.2, 0.25) is 0 Å². The zero-order valence-corrected chi connectivity index (χ0v) is 12.9. The lowest BCUT2D eigenvalue weighted by molar-refractivity contribution is 0.214. The van der Waals surface area contributed by atoms with E-state index in [0.29, 0.717) is 11.5 Å². The quantitative estimate of drug-likeness (QED) is 0.773. The lowest BCUT2D eigenvalue weighted by atomic mass is 9.76. The molecule has 1 heterocycles. The van der Waals surface area contributed by atoms with Crippen LogP contribution in [0.1, 0.15) is 58.6 Å². The summed E-state index contributed by atoms with van der Waals surface area (Å²) in [5, 5.41) is 3.70. The number of aryl methyl sites for hydroxylation is 1. The molecule has 1 N–H and O–H groups in total. The van der Waals surface area contributed by atoms with Crippen LogP contribution in [-0.2, 0) is 0 Å². The smallest absolute Gasteiger partial charge is 0.0603 e. The highest BCUT2D eigenvalue weighted by molar-refractivity contribution is 5.47. The summed E-state index contributed by atoms with van der Waals surface area (Å²) in [4.78, 5) is 4.36. The van der Waals surface area contributed by atoms with Crippen molar-refractivity contribution in [3.63, 3.8) is 0 Å². The van der Waals surface area contributed by atoms with Crippen molar-refractivity contribution in [3.8, 4) is 0 Å². The van der Waals surface area contributed by atoms with E-state index in [-0.39, 0.29) is 0 Å². The Hall–Kier alpha value is -1.05. The van der Waals surface area contributed by atoms with Crippen LogP contribution in [0.25, 0.3) is 0 Å². The fraction of sp³-hybridized carbons (Fsp3) is 0.706. The van der Waals surface area contributed by atoms with E-state index in [2.05, 4.69) is 44.1 Å². The predicted molar refractivity (Wildman–Crippen MR) is 82.4 cm³/mol. The van der Waals surface area contributed by atoms with Crippen molar-refractivity contribution in [2.75, 3.05) is 5.32 Å². The number of nitrogens with zero attached hydrogens (tertiary/aromatic N) is 1. The molecule has 2 unspecified atom stereocenters. The maximum absolute atomic E-state index is 4.36. The van der Waals surface area contributed by atoms with Crippen molar-refractivity contribution in [1.82, 2.24) is 4.98 Å². The third kappa shape index (κ3) is 3.95. The van der Waals surface area contributed by atoms with Crippen molar-refractivity contribution in [3.05, 3.63) is 24.0 Å². The van der Waals surface area contributed by atoms with Gasteiger partial charge in [0, 0.05) is 12.2 Å². The molecule has 2 nitrogen and oxygen atoms in total. The molecule has 0 aliphatic heterocycles. The largest absolute Gasteiger partial charge is 0.381 e. The molecule has 0 radical (unpaired) electrons. The lowest BCUT2D eigenvalue weighted by Crippen LogP contribution is -2.22. The van der Waals surface area contributed by atoms with Gasteiger partial charge in [0.2, 0.25) is 0 Å². The molecule has 0 spiro atoms. The number of pyridine rings is 1. The van der Waals surface area contributed by atoms with Crippen LogP contribution < -0.4 is 5.32 Å². The van der Waals surface area contributed by atoms with E-state index in [1.807, 2.05) is 12.3 Å². The SMILES string of the molecule is Cc1ncccc1NC1CCCC(C(C)(C)C)CC1. The molecule has 0 saturated heterocycles. The summed E-state index contributed by atoms with van der Waals surface area (Å²) < 4.78 is 0. The van der Waals surface area contributed by atoms with E-state index in [1.54, 1.807) is 0 Å². The first-order chi connectivity index (χ1) is 8.97. The first-order valence-electron chi connectivity index (χ1n) is 7.65. The van der Waals surface area contributed by atoms with Crippen molar-refractivity contribution >= 4 is 5.69 Å². The van der Waals surface area contributed by atoms with Gasteiger partial charge in [-0.1, -0.05) is 27.2 Å². The number of aromatic nitrogens is 1. The minimum Gasteiger partial charge on any atom is -0.381 e. The molecular formula is C17H28N2. The fourth-order valence-electron chi connectivity index (χ4n) is 3.17. The topological polar surface area (TPSA) is 24.9 Å². The maximum atomic E-state index is 4.36. The Morgan fingerprint density at radius 1 is 1.16 bits per heavy atom. The molecule has 2 rings (SSSR count). The minimum absolute atomic E-state index is 0.457. The van der Waals surface area contributed by atoms with Gasteiger partial charge in [0.15, 0.2) is 0 Å². The van der Waals surface area contributed by atoms with Crippen molar-refractivity contribution in [2.45, 2.75) is 65.8 Å². The van der Waals surface area contributed by atoms with E-state index in [9.17, 15) is 0 Å². The van der Waals surface area contributed by atoms with Crippen LogP contribution in [0, 0.1) is 18.3 Å². The van der Waals surface area contributed by atoms with Gasteiger partial charge in [-0.25, -0.2) is 0 Å². The molecule has 0 amide bonds. The molecule has 1 aromatic heterocycles. The molecule has 1 aliphatic carbocycles. The van der Waals surface area contributed by atoms with Crippen molar-refractivity contribution in [1.29, 1.82) is 0 Å². The van der Waals surface area contributed by atoms with Gasteiger partial charge in [0.05, 0.1) is 11.4 Å². The Morgan fingerprint density at radius 3 is 2.63 bits per heavy atom. The summed E-state index contributed by atoms with van der Waals surface area (Å²) in [5.41, 5.74) is 2.78. The molecule has 0 aromatic carbocycles. The van der Waals surface area contributed by atoms with Gasteiger partial charge in [0.1, 0.15) is 0 Å². The van der Waals surface area contributed by atoms with E-state index in [1.165, 1.54) is 37.8 Å². The van der Waals surface area contributed by atoms with Crippen LogP contribution in [0.5, 0.6) is 0 Å². The third-order valence-electron chi connectivity index (χ3n) is 4.56. The first-order valence-corrected chi connectivity index (χ1v) is 7.65. The van der Waals surface area contributed by atoms with Gasteiger partial charge >= 0.3 is 0 Å². The van der Waals surface area contributed by atoms with Crippen LogP contribution in [0.15, 0.2) is 18.3 Å². The molecular weight excluding hydrogens is 232 g/mol. The Kier molecular flexibility index (Phi) is 4.49. The summed E-state index contributed by atoms with van der Waals surface area (Å²) in [6.45, 7) is 9.24. The van der Waals surface area contributed by atoms with Gasteiger partial charge in [-0.3, -0.25) is 4.98 Å². The van der Waals surface area contributed by atoms with E-state index in [4.69, 9.17) is 0 Å². The molecule has 1 fully saturated rings. The molecule has 2 heteroatoms. The van der Waals surface area contributed by atoms with Crippen LogP contribution in [-0.4, -0.2) is 11.0 Å². The molecule has 1 saturated carbocycles. The number of rotatable bonds is 2. The Balaban J connectivity index is 1.95. The summed E-state index contributed by atoms with van der Waals surface area (Å²) in [6.07, 6.45) is 8.52. The molecule has 2 atom stereocenters. The molecule has 1 aliphatic rings. The maximum Gasteiger partial charge on any atom is 0.0603 e. The standard InChI is InChI=1S/C17H28N2/c1-13-16(9-6-12-18-13)19-15-8-5-7-14(10-11-15)17(2,3)4/h6,9,12,14-15,19H,5,7-8,10-11H2,1-4H3. The van der Waals surface area contributed by atoms with Gasteiger partial charge in [-0.2, -0.15) is 0 Å². The summed E-state index contributed by atoms with van der Waals surface area (Å²) in [5.74, 6) is 0.870. The molecule has 106 valence electrons. The van der Waals surface area contributed by atoms with Gasteiger partial charge in [-0.05, 0) is 56.1 Å². The number of hydrogen-bond donors (Lipinski definition) is 1. The van der Waals surface area contributed by atoms with Crippen LogP contribution >= 0.6 is 0 Å². The average Bonchev–Trinajstić information content (AvgIpc) is 2.57. The van der Waals surface area contributed by atoms with Crippen molar-refractivity contribution in [2.24, 2.45) is 11.3 Å². The van der Waals surface area contributed by atoms with Gasteiger partial charge in [-0.15, -0.1) is 0 Å². The summed E-state index contributed by atoms with van der Waals surface area (Å²) in [6, 6.07) is 4.79. The third-order valence-corrected chi connectivity index (χ3v) is 4.56. The Labute approximate surface area is 118 Å². The second kappa shape index (κ2) is 5.94. The second-order valence-corrected chi connectivity index (χ2v) is 7.05. The molecule has 19 heavy (non-hydrogen) atoms. The molecule has 0 bridgehead atoms. The summed E-state index contributed by atoms with van der Waals surface area (Å²) in [7, 11) is 0. The highest BCUT2D eigenvalue weighted by atomic mass is 14.9. The zero-order valence-electron chi connectivity index (χ0n) is 12.9. The highest BCUT2D eigenvalue weighted by Gasteiger charge is 2.27.